The molecule has 1 atom stereocenters. The molecule has 0 heterocycles. The summed E-state index contributed by atoms with van der Waals surface area (Å²) in [5, 5.41) is 11.9. The normalized spacial score (nSPS) is 25.1. The van der Waals surface area contributed by atoms with Gasteiger partial charge in [0.25, 0.3) is 0 Å². The molecule has 20 heavy (non-hydrogen) atoms. The van der Waals surface area contributed by atoms with Crippen molar-refractivity contribution < 1.29 is 19.4 Å². The van der Waals surface area contributed by atoms with Gasteiger partial charge in [0.05, 0.1) is 25.4 Å². The first-order valence-corrected chi connectivity index (χ1v) is 7.52. The molecule has 118 valence electrons. The monoisotopic (exact) mass is 287 g/mol. The molecule has 5 nitrogen and oxygen atoms in total. The molecule has 0 aliphatic heterocycles. The van der Waals surface area contributed by atoms with Gasteiger partial charge in [-0.1, -0.05) is 6.92 Å². The minimum atomic E-state index is -0.537. The number of amides is 1. The lowest BCUT2D eigenvalue weighted by atomic mass is 9.89. The first kappa shape index (κ1) is 17.2. The quantitative estimate of drug-likeness (QED) is 0.815. The van der Waals surface area contributed by atoms with Crippen molar-refractivity contribution in [3.63, 3.8) is 0 Å². The number of rotatable bonds is 5. The Morgan fingerprint density at radius 2 is 1.90 bits per heavy atom. The fourth-order valence-electron chi connectivity index (χ4n) is 2.26. The van der Waals surface area contributed by atoms with E-state index in [4.69, 9.17) is 9.47 Å². The second-order valence-electron chi connectivity index (χ2n) is 6.74. The molecule has 0 aromatic heterocycles. The summed E-state index contributed by atoms with van der Waals surface area (Å²) in [5.74, 6) is 0.781. The van der Waals surface area contributed by atoms with E-state index in [1.54, 1.807) is 20.8 Å². The number of alkyl carbamates (subject to hydrolysis) is 1. The van der Waals surface area contributed by atoms with Crippen LogP contribution >= 0.6 is 0 Å². The van der Waals surface area contributed by atoms with Crippen molar-refractivity contribution in [1.82, 2.24) is 5.32 Å². The van der Waals surface area contributed by atoms with Crippen molar-refractivity contribution in [2.75, 3.05) is 13.2 Å². The van der Waals surface area contributed by atoms with Gasteiger partial charge in [0.1, 0.15) is 5.60 Å². The third-order valence-electron chi connectivity index (χ3n) is 3.44. The first-order valence-electron chi connectivity index (χ1n) is 7.52. The number of aliphatic hydroxyl groups excluding tert-OH is 1. The lowest BCUT2D eigenvalue weighted by Gasteiger charge is -2.28. The Kier molecular flexibility index (Phi) is 6.76. The van der Waals surface area contributed by atoms with Gasteiger partial charge >= 0.3 is 6.09 Å². The number of hydrogen-bond donors (Lipinski definition) is 2. The number of ether oxygens (including phenoxy) is 2. The average molecular weight is 287 g/mol. The highest BCUT2D eigenvalue weighted by molar-refractivity contribution is 5.68. The molecule has 5 heteroatoms. The van der Waals surface area contributed by atoms with Crippen molar-refractivity contribution in [1.29, 1.82) is 0 Å². The van der Waals surface area contributed by atoms with Crippen LogP contribution < -0.4 is 5.32 Å². The highest BCUT2D eigenvalue weighted by Gasteiger charge is 2.22. The summed E-state index contributed by atoms with van der Waals surface area (Å²) in [6.07, 6.45) is 4.23. The van der Waals surface area contributed by atoms with Gasteiger partial charge in [-0.25, -0.2) is 4.79 Å². The second kappa shape index (κ2) is 7.84. The summed E-state index contributed by atoms with van der Waals surface area (Å²) < 4.78 is 10.9. The van der Waals surface area contributed by atoms with Gasteiger partial charge in [-0.2, -0.15) is 0 Å². The van der Waals surface area contributed by atoms with E-state index in [-0.39, 0.29) is 12.7 Å². The third-order valence-corrected chi connectivity index (χ3v) is 3.44. The number of carbonyl (C=O) groups excluding carboxylic acids is 1. The van der Waals surface area contributed by atoms with Gasteiger partial charge in [-0.15, -0.1) is 0 Å². The molecular formula is C15H29NO4. The molecule has 0 spiro atoms. The Balaban J connectivity index is 2.27. The summed E-state index contributed by atoms with van der Waals surface area (Å²) in [6.45, 7) is 7.86. The SMILES string of the molecule is CC(C)(C)OC(=O)N[C@@H](CO)CO[C@H]1CC[C@H](C)CC1. The van der Waals surface area contributed by atoms with Crippen LogP contribution in [-0.4, -0.2) is 42.2 Å². The molecule has 0 radical (unpaired) electrons. The molecule has 0 unspecified atom stereocenters. The molecule has 1 aliphatic rings. The highest BCUT2D eigenvalue weighted by Crippen LogP contribution is 2.25. The predicted molar refractivity (Wildman–Crippen MR) is 77.6 cm³/mol. The third kappa shape index (κ3) is 7.10. The fraction of sp³-hybridized carbons (Fsp3) is 0.933. The maximum atomic E-state index is 11.6. The van der Waals surface area contributed by atoms with Crippen molar-refractivity contribution in [2.45, 2.75) is 71.1 Å². The number of carbonyl (C=O) groups is 1. The van der Waals surface area contributed by atoms with E-state index < -0.39 is 17.7 Å². The summed E-state index contributed by atoms with van der Waals surface area (Å²) in [6, 6.07) is -0.413. The van der Waals surface area contributed by atoms with Gasteiger partial charge in [-0.3, -0.25) is 0 Å². The number of aliphatic hydroxyl groups is 1. The zero-order valence-electron chi connectivity index (χ0n) is 13.1. The van der Waals surface area contributed by atoms with Crippen LogP contribution in [0.25, 0.3) is 0 Å². The van der Waals surface area contributed by atoms with E-state index in [9.17, 15) is 9.90 Å². The molecule has 0 aromatic rings. The van der Waals surface area contributed by atoms with Gasteiger partial charge in [0, 0.05) is 0 Å². The summed E-state index contributed by atoms with van der Waals surface area (Å²) in [5.41, 5.74) is -0.537. The molecule has 1 amide bonds. The van der Waals surface area contributed by atoms with Crippen molar-refractivity contribution >= 4 is 6.09 Å². The Bertz CT molecular complexity index is 293. The molecule has 1 saturated carbocycles. The van der Waals surface area contributed by atoms with Crippen molar-refractivity contribution in [3.05, 3.63) is 0 Å². The number of nitrogens with one attached hydrogen (secondary N) is 1. The van der Waals surface area contributed by atoms with Gasteiger partial charge in [-0.05, 0) is 52.4 Å². The first-order chi connectivity index (χ1) is 9.30. The van der Waals surface area contributed by atoms with Crippen molar-refractivity contribution in [3.8, 4) is 0 Å². The predicted octanol–water partition coefficient (Wildman–Crippen LogP) is 2.47. The fourth-order valence-corrected chi connectivity index (χ4v) is 2.26. The van der Waals surface area contributed by atoms with Crippen LogP contribution in [0.5, 0.6) is 0 Å². The summed E-state index contributed by atoms with van der Waals surface area (Å²) in [4.78, 5) is 11.6. The lowest BCUT2D eigenvalue weighted by Crippen LogP contribution is -2.44. The minimum Gasteiger partial charge on any atom is -0.444 e. The van der Waals surface area contributed by atoms with E-state index in [0.29, 0.717) is 6.61 Å². The van der Waals surface area contributed by atoms with E-state index in [1.165, 1.54) is 12.8 Å². The Morgan fingerprint density at radius 1 is 1.30 bits per heavy atom. The van der Waals surface area contributed by atoms with Gasteiger partial charge in [0.2, 0.25) is 0 Å². The molecule has 2 N–H and O–H groups in total. The van der Waals surface area contributed by atoms with E-state index in [1.807, 2.05) is 0 Å². The molecule has 1 fully saturated rings. The van der Waals surface area contributed by atoms with Gasteiger partial charge in [0.15, 0.2) is 0 Å². The second-order valence-corrected chi connectivity index (χ2v) is 6.74. The van der Waals surface area contributed by atoms with Crippen molar-refractivity contribution in [2.24, 2.45) is 5.92 Å². The Hall–Kier alpha value is -0.810. The van der Waals surface area contributed by atoms with Crippen LogP contribution in [0.1, 0.15) is 53.4 Å². The minimum absolute atomic E-state index is 0.150. The largest absolute Gasteiger partial charge is 0.444 e. The van der Waals surface area contributed by atoms with Gasteiger partial charge < -0.3 is 19.9 Å². The molecule has 1 aliphatic carbocycles. The maximum absolute atomic E-state index is 11.6. The van der Waals surface area contributed by atoms with Crippen LogP contribution in [0.2, 0.25) is 0 Å². The Labute approximate surface area is 122 Å². The van der Waals surface area contributed by atoms with Crippen LogP contribution in [-0.2, 0) is 9.47 Å². The molecule has 0 saturated heterocycles. The molecule has 1 rings (SSSR count). The Morgan fingerprint density at radius 3 is 2.40 bits per heavy atom. The average Bonchev–Trinajstić information content (AvgIpc) is 2.34. The number of hydrogen-bond acceptors (Lipinski definition) is 4. The highest BCUT2D eigenvalue weighted by atomic mass is 16.6. The zero-order valence-corrected chi connectivity index (χ0v) is 13.1. The maximum Gasteiger partial charge on any atom is 0.408 e. The van der Waals surface area contributed by atoms with E-state index >= 15 is 0 Å². The molecule has 0 bridgehead atoms. The topological polar surface area (TPSA) is 67.8 Å². The van der Waals surface area contributed by atoms with Crippen LogP contribution in [0.4, 0.5) is 4.79 Å². The standard InChI is InChI=1S/C15H29NO4/c1-11-5-7-13(8-6-11)19-10-12(9-17)16-14(18)20-15(2,3)4/h11-13,17H,5-10H2,1-4H3,(H,16,18)/t11-,12-,13-/m0/s1. The van der Waals surface area contributed by atoms with Crippen LogP contribution in [0, 0.1) is 5.92 Å². The zero-order chi connectivity index (χ0) is 15.2. The van der Waals surface area contributed by atoms with Crippen LogP contribution in [0.15, 0.2) is 0 Å². The smallest absolute Gasteiger partial charge is 0.408 e. The van der Waals surface area contributed by atoms with E-state index in [2.05, 4.69) is 12.2 Å². The molecule has 0 aromatic carbocycles. The summed E-state index contributed by atoms with van der Waals surface area (Å²) >= 11 is 0. The lowest BCUT2D eigenvalue weighted by molar-refractivity contribution is -0.00411. The molecular weight excluding hydrogens is 258 g/mol. The van der Waals surface area contributed by atoms with E-state index in [0.717, 1.165) is 18.8 Å². The summed E-state index contributed by atoms with van der Waals surface area (Å²) in [7, 11) is 0. The van der Waals surface area contributed by atoms with Crippen LogP contribution in [0.3, 0.4) is 0 Å².